The van der Waals surface area contributed by atoms with E-state index in [-0.39, 0.29) is 16.5 Å². The van der Waals surface area contributed by atoms with Crippen molar-refractivity contribution >= 4 is 27.0 Å². The van der Waals surface area contributed by atoms with E-state index in [0.29, 0.717) is 0 Å². The highest BCUT2D eigenvalue weighted by Crippen LogP contribution is 2.35. The highest BCUT2D eigenvalue weighted by Gasteiger charge is 2.24. The number of esters is 1. The minimum atomic E-state index is -5.09. The number of halogens is 1. The number of rotatable bonds is 3. The molecule has 1 N–H and O–H groups in total. The summed E-state index contributed by atoms with van der Waals surface area (Å²) < 4.78 is 41.5. The highest BCUT2D eigenvalue weighted by atomic mass is 32.3. The Balaban J connectivity index is 2.18. The van der Waals surface area contributed by atoms with Gasteiger partial charge in [0.2, 0.25) is 0 Å². The van der Waals surface area contributed by atoms with Gasteiger partial charge in [-0.3, -0.25) is 0 Å². The van der Waals surface area contributed by atoms with Crippen LogP contribution in [-0.2, 0) is 10.2 Å². The molecule has 0 spiro atoms. The van der Waals surface area contributed by atoms with Gasteiger partial charge in [-0.15, -0.1) is 3.89 Å². The van der Waals surface area contributed by atoms with Gasteiger partial charge >= 0.3 is 16.2 Å². The molecule has 0 atom stereocenters. The number of carbonyl (C=O) groups is 1. The number of carbonyl (C=O) groups excluding carboxylic acids is 1. The second-order valence-electron chi connectivity index (χ2n) is 4.96. The number of phenolic OH excluding ortho intramolecular Hbond substituents is 1. The largest absolute Gasteiger partial charge is 0.506 e. The van der Waals surface area contributed by atoms with Crippen LogP contribution >= 0.6 is 0 Å². The summed E-state index contributed by atoms with van der Waals surface area (Å²) in [4.78, 5) is 11.6. The van der Waals surface area contributed by atoms with Crippen LogP contribution in [0.5, 0.6) is 11.5 Å². The Hall–Kier alpha value is -2.93. The van der Waals surface area contributed by atoms with E-state index >= 15 is 0 Å². The molecule has 3 aromatic carbocycles. The molecule has 0 aliphatic heterocycles. The van der Waals surface area contributed by atoms with Crippen molar-refractivity contribution in [3.63, 3.8) is 0 Å². The number of aromatic hydroxyl groups is 1. The average molecular weight is 346 g/mol. The molecule has 0 amide bonds. The summed E-state index contributed by atoms with van der Waals surface area (Å²) in [5, 5.41) is 10.3. The maximum Gasteiger partial charge on any atom is 0.347 e. The van der Waals surface area contributed by atoms with Gasteiger partial charge in [0.05, 0.1) is 0 Å². The molecule has 0 aliphatic carbocycles. The molecule has 0 fully saturated rings. The Morgan fingerprint density at radius 2 is 1.54 bits per heavy atom. The van der Waals surface area contributed by atoms with Crippen LogP contribution in [0.1, 0.15) is 10.4 Å². The van der Waals surface area contributed by atoms with Crippen LogP contribution in [0.4, 0.5) is 3.89 Å². The van der Waals surface area contributed by atoms with Crippen LogP contribution in [0, 0.1) is 0 Å². The first-order chi connectivity index (χ1) is 11.4. The van der Waals surface area contributed by atoms with E-state index < -0.39 is 32.4 Å². The fraction of sp³-hybridized carbons (Fsp3) is 0. The summed E-state index contributed by atoms with van der Waals surface area (Å²) >= 11 is 0. The van der Waals surface area contributed by atoms with Crippen molar-refractivity contribution in [2.45, 2.75) is 4.90 Å². The molecule has 0 aromatic heterocycles. The summed E-state index contributed by atoms with van der Waals surface area (Å²) in [6.07, 6.45) is 0. The molecule has 0 radical (unpaired) electrons. The smallest absolute Gasteiger partial charge is 0.347 e. The quantitative estimate of drug-likeness (QED) is 0.446. The van der Waals surface area contributed by atoms with E-state index in [2.05, 4.69) is 0 Å². The third kappa shape index (κ3) is 2.93. The zero-order valence-corrected chi connectivity index (χ0v) is 13.0. The Morgan fingerprint density at radius 1 is 0.958 bits per heavy atom. The van der Waals surface area contributed by atoms with Crippen LogP contribution in [0.25, 0.3) is 10.8 Å². The molecular weight excluding hydrogens is 335 g/mol. The molecule has 7 heteroatoms. The Kier molecular flexibility index (Phi) is 3.94. The van der Waals surface area contributed by atoms with E-state index in [9.17, 15) is 22.2 Å². The molecule has 0 aliphatic rings. The number of hydrogen-bond donors (Lipinski definition) is 1. The molecule has 3 rings (SSSR count). The number of hydrogen-bond acceptors (Lipinski definition) is 5. The predicted octanol–water partition coefficient (Wildman–Crippen LogP) is 3.42. The molecule has 122 valence electrons. The normalized spacial score (nSPS) is 11.4. The van der Waals surface area contributed by atoms with Gasteiger partial charge < -0.3 is 9.84 Å². The Bertz CT molecular complexity index is 1030. The third-order valence-electron chi connectivity index (χ3n) is 3.41. The van der Waals surface area contributed by atoms with Gasteiger partial charge in [0.25, 0.3) is 0 Å². The van der Waals surface area contributed by atoms with Crippen molar-refractivity contribution in [1.82, 2.24) is 0 Å². The third-order valence-corrected chi connectivity index (χ3v) is 4.28. The van der Waals surface area contributed by atoms with Gasteiger partial charge in [-0.05, 0) is 18.2 Å². The van der Waals surface area contributed by atoms with Gasteiger partial charge in [0.15, 0.2) is 0 Å². The van der Waals surface area contributed by atoms with E-state index in [4.69, 9.17) is 4.74 Å². The maximum atomic E-state index is 13.6. The van der Waals surface area contributed by atoms with Crippen molar-refractivity contribution < 1.29 is 26.9 Å². The molecule has 0 heterocycles. The topological polar surface area (TPSA) is 80.7 Å². The van der Waals surface area contributed by atoms with E-state index in [0.717, 1.165) is 6.07 Å². The summed E-state index contributed by atoms with van der Waals surface area (Å²) in [6, 6.07) is 14.6. The molecule has 0 unspecified atom stereocenters. The summed E-state index contributed by atoms with van der Waals surface area (Å²) in [5.74, 6) is -1.26. The molecule has 0 bridgehead atoms. The maximum absolute atomic E-state index is 13.6. The Labute approximate surface area is 137 Å². The van der Waals surface area contributed by atoms with Gasteiger partial charge in [-0.25, -0.2) is 4.79 Å². The lowest BCUT2D eigenvalue weighted by atomic mass is 10.1. The van der Waals surface area contributed by atoms with Gasteiger partial charge in [0.1, 0.15) is 22.0 Å². The number of fused-ring (bicyclic) bond motifs is 1. The lowest BCUT2D eigenvalue weighted by Gasteiger charge is -2.10. The zero-order valence-electron chi connectivity index (χ0n) is 12.1. The van der Waals surface area contributed by atoms with E-state index in [1.165, 1.54) is 36.4 Å². The fourth-order valence-corrected chi connectivity index (χ4v) is 3.03. The number of phenols is 1. The second-order valence-corrected chi connectivity index (χ2v) is 6.27. The first kappa shape index (κ1) is 15.9. The predicted molar refractivity (Wildman–Crippen MR) is 85.3 cm³/mol. The Morgan fingerprint density at radius 3 is 2.17 bits per heavy atom. The lowest BCUT2D eigenvalue weighted by Crippen LogP contribution is -2.10. The monoisotopic (exact) mass is 346 g/mol. The van der Waals surface area contributed by atoms with Crippen LogP contribution in [-0.4, -0.2) is 19.5 Å². The molecule has 0 saturated heterocycles. The van der Waals surface area contributed by atoms with Gasteiger partial charge in [-0.2, -0.15) is 8.42 Å². The first-order valence-corrected chi connectivity index (χ1v) is 8.23. The van der Waals surface area contributed by atoms with E-state index in [1.54, 1.807) is 18.2 Å². The summed E-state index contributed by atoms with van der Waals surface area (Å²) in [6.45, 7) is 0. The second kappa shape index (κ2) is 5.93. The van der Waals surface area contributed by atoms with Crippen molar-refractivity contribution in [3.05, 3.63) is 66.2 Å². The number of ether oxygens (including phenoxy) is 1. The van der Waals surface area contributed by atoms with Crippen LogP contribution < -0.4 is 4.74 Å². The van der Waals surface area contributed by atoms with Crippen molar-refractivity contribution in [2.24, 2.45) is 0 Å². The van der Waals surface area contributed by atoms with Crippen molar-refractivity contribution in [1.29, 1.82) is 0 Å². The molecule has 24 heavy (non-hydrogen) atoms. The SMILES string of the molecule is O=C(Oc1ccccc1)c1cc(S(=O)(=O)F)c2ccccc2c1O. The minimum Gasteiger partial charge on any atom is -0.506 e. The minimum absolute atomic E-state index is 0.0197. The highest BCUT2D eigenvalue weighted by molar-refractivity contribution is 7.86. The number of benzene rings is 3. The van der Waals surface area contributed by atoms with Crippen molar-refractivity contribution in [2.75, 3.05) is 0 Å². The summed E-state index contributed by atoms with van der Waals surface area (Å²) in [7, 11) is -5.09. The molecule has 5 nitrogen and oxygen atoms in total. The van der Waals surface area contributed by atoms with Gasteiger partial charge in [-0.1, -0.05) is 42.5 Å². The van der Waals surface area contributed by atoms with Crippen LogP contribution in [0.3, 0.4) is 0 Å². The molecular formula is C17H11FO5S. The molecule has 0 saturated carbocycles. The fourth-order valence-electron chi connectivity index (χ4n) is 2.33. The molecule has 3 aromatic rings. The van der Waals surface area contributed by atoms with Crippen molar-refractivity contribution in [3.8, 4) is 11.5 Å². The first-order valence-electron chi connectivity index (χ1n) is 6.84. The summed E-state index contributed by atoms with van der Waals surface area (Å²) in [5.41, 5.74) is -0.436. The lowest BCUT2D eigenvalue weighted by molar-refractivity contribution is 0.0731. The van der Waals surface area contributed by atoms with E-state index in [1.807, 2.05) is 0 Å². The standard InChI is InChI=1S/C17H11FO5S/c18-24(21,22)15-10-14(16(19)13-9-5-4-8-12(13)15)17(20)23-11-6-2-1-3-7-11/h1-10,19H. The van der Waals surface area contributed by atoms with Crippen LogP contribution in [0.15, 0.2) is 65.6 Å². The zero-order chi connectivity index (χ0) is 17.3. The van der Waals surface area contributed by atoms with Gasteiger partial charge in [0, 0.05) is 10.8 Å². The van der Waals surface area contributed by atoms with Crippen LogP contribution in [0.2, 0.25) is 0 Å². The number of para-hydroxylation sites is 1. The average Bonchev–Trinajstić information content (AvgIpc) is 2.55.